The molecule has 0 unspecified atom stereocenters. The smallest absolute Gasteiger partial charge is 0.299 e. The molecule has 118 valence electrons. The van der Waals surface area contributed by atoms with Crippen molar-refractivity contribution in [3.8, 4) is 0 Å². The lowest BCUT2D eigenvalue weighted by atomic mass is 10.4. The van der Waals surface area contributed by atoms with Gasteiger partial charge in [-0.25, -0.2) is 4.98 Å². The third-order valence-corrected chi connectivity index (χ3v) is 3.58. The molecule has 1 saturated heterocycles. The summed E-state index contributed by atoms with van der Waals surface area (Å²) in [5.74, 6) is -0.469. The number of carbonyl (C=O) groups excluding carboxylic acids is 1. The van der Waals surface area contributed by atoms with Crippen molar-refractivity contribution in [1.29, 1.82) is 0 Å². The number of thiol groups is 2. The third kappa shape index (κ3) is 4.12. The monoisotopic (exact) mass is 374 g/mol. The number of aromatic nitrogens is 2. The summed E-state index contributed by atoms with van der Waals surface area (Å²) in [5.41, 5.74) is 0.142. The fraction of sp³-hybridized carbons (Fsp3) is 0.364. The van der Waals surface area contributed by atoms with Crippen molar-refractivity contribution < 1.29 is 4.79 Å². The second-order valence-corrected chi connectivity index (χ2v) is 6.49. The molecule has 0 aliphatic carbocycles. The van der Waals surface area contributed by atoms with Crippen LogP contribution in [0.3, 0.4) is 0 Å². The van der Waals surface area contributed by atoms with E-state index in [1.807, 2.05) is 5.01 Å². The van der Waals surface area contributed by atoms with Crippen molar-refractivity contribution in [3.63, 3.8) is 0 Å². The highest BCUT2D eigenvalue weighted by molar-refractivity contribution is 8.11. The zero-order valence-corrected chi connectivity index (χ0v) is 14.8. The maximum atomic E-state index is 12.7. The first-order valence-electron chi connectivity index (χ1n) is 6.34. The molecule has 1 amide bonds. The van der Waals surface area contributed by atoms with Crippen molar-refractivity contribution in [2.75, 3.05) is 26.2 Å². The van der Waals surface area contributed by atoms with Crippen LogP contribution in [-0.2, 0) is 0 Å². The van der Waals surface area contributed by atoms with Crippen LogP contribution < -0.4 is 5.32 Å². The minimum absolute atomic E-state index is 0.0468. The molecule has 1 aromatic rings. The first-order valence-corrected chi connectivity index (χ1v) is 8.05. The number of nitrogens with zero attached hydrogens (tertiary/aromatic N) is 5. The lowest BCUT2D eigenvalue weighted by molar-refractivity contribution is -0.0642. The normalized spacial score (nSPS) is 15.2. The number of amides is 1. The van der Waals surface area contributed by atoms with E-state index in [-0.39, 0.29) is 14.3 Å². The van der Waals surface area contributed by atoms with E-state index in [0.29, 0.717) is 13.1 Å². The molecular formula is C11H14N6OS4. The van der Waals surface area contributed by atoms with Gasteiger partial charge in [0.2, 0.25) is 0 Å². The van der Waals surface area contributed by atoms with E-state index in [1.165, 1.54) is 28.7 Å². The molecule has 0 atom stereocenters. The van der Waals surface area contributed by atoms with E-state index in [4.69, 9.17) is 24.4 Å². The molecule has 0 bridgehead atoms. The average Bonchev–Trinajstić information content (AvgIpc) is 2.52. The SMILES string of the molecule is O=C(c1cnccn1)N(C(=S)S)N(C(=S)S)N1CCNCC1. The van der Waals surface area contributed by atoms with Gasteiger partial charge in [-0.2, -0.15) is 15.1 Å². The van der Waals surface area contributed by atoms with Crippen molar-refractivity contribution in [2.24, 2.45) is 0 Å². The summed E-state index contributed by atoms with van der Waals surface area (Å²) in [5, 5.41) is 7.72. The molecule has 1 aliphatic rings. The van der Waals surface area contributed by atoms with Crippen LogP contribution in [0.15, 0.2) is 18.6 Å². The Kier molecular flexibility index (Phi) is 6.47. The summed E-state index contributed by atoms with van der Waals surface area (Å²) in [4.78, 5) is 20.6. The summed E-state index contributed by atoms with van der Waals surface area (Å²) in [7, 11) is 0. The summed E-state index contributed by atoms with van der Waals surface area (Å²) in [6.07, 6.45) is 4.28. The molecule has 0 aromatic carbocycles. The minimum Gasteiger partial charge on any atom is -0.314 e. The molecule has 1 fully saturated rings. The second-order valence-electron chi connectivity index (χ2n) is 4.27. The molecular weight excluding hydrogens is 360 g/mol. The van der Waals surface area contributed by atoms with Crippen LogP contribution in [0.4, 0.5) is 0 Å². The Labute approximate surface area is 149 Å². The molecule has 0 radical (unpaired) electrons. The molecule has 11 heteroatoms. The molecule has 1 N–H and O–H groups in total. The first-order chi connectivity index (χ1) is 10.5. The number of hydrogen-bond acceptors (Lipinski definition) is 7. The van der Waals surface area contributed by atoms with Gasteiger partial charge < -0.3 is 5.32 Å². The molecule has 2 rings (SSSR count). The lowest BCUT2D eigenvalue weighted by Gasteiger charge is -2.42. The number of hydrogen-bond donors (Lipinski definition) is 3. The highest BCUT2D eigenvalue weighted by atomic mass is 32.1. The van der Waals surface area contributed by atoms with E-state index in [1.54, 1.807) is 0 Å². The lowest BCUT2D eigenvalue weighted by Crippen LogP contribution is -2.61. The van der Waals surface area contributed by atoms with Crippen LogP contribution in [0.25, 0.3) is 0 Å². The molecule has 1 aromatic heterocycles. The molecule has 22 heavy (non-hydrogen) atoms. The fourth-order valence-electron chi connectivity index (χ4n) is 1.95. The molecule has 0 saturated carbocycles. The number of hydrazine groups is 2. The summed E-state index contributed by atoms with van der Waals surface area (Å²) < 4.78 is 0.237. The van der Waals surface area contributed by atoms with Gasteiger partial charge in [0.15, 0.2) is 8.64 Å². The van der Waals surface area contributed by atoms with Crippen molar-refractivity contribution in [2.45, 2.75) is 0 Å². The van der Waals surface area contributed by atoms with Crippen LogP contribution in [-0.4, -0.2) is 65.8 Å². The minimum atomic E-state index is -0.469. The second kappa shape index (κ2) is 8.13. The molecule has 7 nitrogen and oxygen atoms in total. The van der Waals surface area contributed by atoms with Crippen LogP contribution >= 0.6 is 49.7 Å². The predicted octanol–water partition coefficient (Wildman–Crippen LogP) is 0.385. The van der Waals surface area contributed by atoms with E-state index in [2.05, 4.69) is 40.5 Å². The Morgan fingerprint density at radius 2 is 1.91 bits per heavy atom. The fourth-order valence-corrected chi connectivity index (χ4v) is 2.70. The Bertz CT molecular complexity index is 565. The number of rotatable bonds is 2. The van der Waals surface area contributed by atoms with Crippen LogP contribution in [0.2, 0.25) is 0 Å². The van der Waals surface area contributed by atoms with Gasteiger partial charge in [-0.05, 0) is 12.2 Å². The Balaban J connectivity index is 2.33. The largest absolute Gasteiger partial charge is 0.314 e. The van der Waals surface area contributed by atoms with Crippen LogP contribution in [0.5, 0.6) is 0 Å². The topological polar surface area (TPSA) is 64.6 Å². The zero-order valence-electron chi connectivity index (χ0n) is 11.4. The van der Waals surface area contributed by atoms with E-state index in [0.717, 1.165) is 13.1 Å². The van der Waals surface area contributed by atoms with Gasteiger partial charge in [-0.1, -0.05) is 12.2 Å². The number of carbonyl (C=O) groups is 1. The van der Waals surface area contributed by atoms with Crippen molar-refractivity contribution >= 4 is 64.2 Å². The average molecular weight is 375 g/mol. The van der Waals surface area contributed by atoms with Gasteiger partial charge in [-0.15, -0.1) is 25.3 Å². The van der Waals surface area contributed by atoms with Gasteiger partial charge in [0.05, 0.1) is 6.20 Å². The third-order valence-electron chi connectivity index (χ3n) is 2.88. The summed E-state index contributed by atoms with van der Waals surface area (Å²) in [6.45, 7) is 2.83. The number of nitrogens with one attached hydrogen (secondary N) is 1. The van der Waals surface area contributed by atoms with Crippen LogP contribution in [0.1, 0.15) is 10.5 Å². The number of thiocarbonyl (C=S) groups is 2. The van der Waals surface area contributed by atoms with Crippen molar-refractivity contribution in [3.05, 3.63) is 24.3 Å². The molecule has 2 heterocycles. The predicted molar refractivity (Wildman–Crippen MR) is 97.7 cm³/mol. The maximum Gasteiger partial charge on any atom is 0.299 e. The van der Waals surface area contributed by atoms with Crippen molar-refractivity contribution in [1.82, 2.24) is 30.4 Å². The zero-order chi connectivity index (χ0) is 16.1. The molecule has 1 aliphatic heterocycles. The number of piperazine rings is 1. The summed E-state index contributed by atoms with van der Waals surface area (Å²) in [6, 6.07) is 0. The maximum absolute atomic E-state index is 12.7. The van der Waals surface area contributed by atoms with Gasteiger partial charge in [0.1, 0.15) is 5.69 Å². The molecule has 0 spiro atoms. The van der Waals surface area contributed by atoms with E-state index in [9.17, 15) is 4.79 Å². The quantitative estimate of drug-likeness (QED) is 0.390. The van der Waals surface area contributed by atoms with Gasteiger partial charge >= 0.3 is 0 Å². The highest BCUT2D eigenvalue weighted by Gasteiger charge is 2.32. The first kappa shape index (κ1) is 17.5. The van der Waals surface area contributed by atoms with Gasteiger partial charge in [0, 0.05) is 38.6 Å². The highest BCUT2D eigenvalue weighted by Crippen LogP contribution is 2.15. The Morgan fingerprint density at radius 1 is 1.23 bits per heavy atom. The van der Waals surface area contributed by atoms with E-state index >= 15 is 0 Å². The standard InChI is InChI=1S/C11H14N6OS4/c18-9(8-7-13-1-2-14-8)16(10(19)20)17(11(21)22)15-5-3-12-4-6-15/h1-2,7,12H,3-6H2,(H,19,20)(H,21,22). The Hall–Kier alpha value is -0.850. The van der Waals surface area contributed by atoms with E-state index < -0.39 is 5.91 Å². The van der Waals surface area contributed by atoms with Gasteiger partial charge in [0.25, 0.3) is 5.91 Å². The summed E-state index contributed by atoms with van der Waals surface area (Å²) >= 11 is 18.6. The van der Waals surface area contributed by atoms with Crippen LogP contribution in [0, 0.1) is 0 Å². The van der Waals surface area contributed by atoms with Gasteiger partial charge in [-0.3, -0.25) is 9.78 Å². The Morgan fingerprint density at radius 3 is 2.41 bits per heavy atom.